The molecule has 158 valence electrons. The third kappa shape index (κ3) is 7.03. The second-order valence-electron chi connectivity index (χ2n) is 7.20. The molecule has 1 aromatic heterocycles. The van der Waals surface area contributed by atoms with Crippen LogP contribution in [0.5, 0.6) is 0 Å². The molecule has 0 aliphatic carbocycles. The standard InChI is InChI=1S/C21H25ClN6O2/c1-21(2,10-12-30-3)19(27-18(29)15-6-8-16(22)9-7-15)28-20(25-14-23)26-17-5-4-11-24-13-17/h4-9,11,13,19H,10,12H2,1-3H3,(H,27,29)(H2,25,26,28). The number of rotatable bonds is 8. The van der Waals surface area contributed by atoms with Gasteiger partial charge >= 0.3 is 0 Å². The molecule has 1 unspecified atom stereocenters. The highest BCUT2D eigenvalue weighted by atomic mass is 35.5. The van der Waals surface area contributed by atoms with E-state index in [9.17, 15) is 4.79 Å². The number of aromatic nitrogens is 1. The number of ether oxygens (including phenoxy) is 1. The van der Waals surface area contributed by atoms with Gasteiger partial charge in [-0.2, -0.15) is 5.26 Å². The maximum atomic E-state index is 12.8. The van der Waals surface area contributed by atoms with E-state index in [0.717, 1.165) is 0 Å². The lowest BCUT2D eigenvalue weighted by Crippen LogP contribution is -2.46. The number of aliphatic imine (C=N–C) groups is 1. The molecule has 0 radical (unpaired) electrons. The molecular weight excluding hydrogens is 404 g/mol. The number of nitriles is 1. The number of nitrogens with one attached hydrogen (secondary N) is 3. The van der Waals surface area contributed by atoms with Crippen molar-refractivity contribution in [2.24, 2.45) is 10.4 Å². The topological polar surface area (TPSA) is 111 Å². The van der Waals surface area contributed by atoms with Crippen molar-refractivity contribution in [3.8, 4) is 6.19 Å². The zero-order chi connectivity index (χ0) is 22.0. The van der Waals surface area contributed by atoms with Crippen LogP contribution in [0.4, 0.5) is 5.69 Å². The van der Waals surface area contributed by atoms with Crippen molar-refractivity contribution in [3.05, 3.63) is 59.4 Å². The van der Waals surface area contributed by atoms with E-state index in [1.165, 1.54) is 0 Å². The third-order valence-electron chi connectivity index (χ3n) is 4.42. The van der Waals surface area contributed by atoms with E-state index in [0.29, 0.717) is 29.3 Å². The molecule has 1 heterocycles. The number of anilines is 1. The number of guanidine groups is 1. The van der Waals surface area contributed by atoms with Gasteiger partial charge in [0.2, 0.25) is 5.96 Å². The van der Waals surface area contributed by atoms with Crippen LogP contribution < -0.4 is 16.0 Å². The Hall–Kier alpha value is -3.15. The normalized spacial score (nSPS) is 12.6. The Morgan fingerprint density at radius 2 is 2.07 bits per heavy atom. The van der Waals surface area contributed by atoms with Crippen LogP contribution in [0.2, 0.25) is 5.02 Å². The second kappa shape index (κ2) is 11.1. The van der Waals surface area contributed by atoms with Crippen LogP contribution in [-0.4, -0.2) is 36.7 Å². The number of methoxy groups -OCH3 is 1. The Morgan fingerprint density at radius 3 is 2.67 bits per heavy atom. The monoisotopic (exact) mass is 428 g/mol. The van der Waals surface area contributed by atoms with Crippen molar-refractivity contribution < 1.29 is 9.53 Å². The summed E-state index contributed by atoms with van der Waals surface area (Å²) >= 11 is 5.91. The first kappa shape index (κ1) is 23.1. The predicted molar refractivity (Wildman–Crippen MR) is 117 cm³/mol. The van der Waals surface area contributed by atoms with Gasteiger partial charge in [-0.3, -0.25) is 15.1 Å². The van der Waals surface area contributed by atoms with E-state index >= 15 is 0 Å². The smallest absolute Gasteiger partial charge is 0.252 e. The number of amides is 1. The fraction of sp³-hybridized carbons (Fsp3) is 0.333. The fourth-order valence-corrected chi connectivity index (χ4v) is 2.69. The molecule has 30 heavy (non-hydrogen) atoms. The van der Waals surface area contributed by atoms with Gasteiger partial charge in [-0.1, -0.05) is 25.4 Å². The SMILES string of the molecule is COCCC(C)(C)C(N=C(NC#N)Nc1cccnc1)NC(=O)c1ccc(Cl)cc1. The summed E-state index contributed by atoms with van der Waals surface area (Å²) in [6.07, 6.45) is 5.08. The van der Waals surface area contributed by atoms with Crippen LogP contribution in [0.25, 0.3) is 0 Å². The molecule has 2 rings (SSSR count). The molecule has 0 fully saturated rings. The Morgan fingerprint density at radius 1 is 1.33 bits per heavy atom. The largest absolute Gasteiger partial charge is 0.385 e. The van der Waals surface area contributed by atoms with Gasteiger partial charge in [-0.15, -0.1) is 0 Å². The number of carbonyl (C=O) groups excluding carboxylic acids is 1. The second-order valence-corrected chi connectivity index (χ2v) is 7.63. The van der Waals surface area contributed by atoms with E-state index in [1.807, 2.05) is 20.0 Å². The average molecular weight is 429 g/mol. The van der Waals surface area contributed by atoms with Gasteiger partial charge in [-0.25, -0.2) is 4.99 Å². The van der Waals surface area contributed by atoms with E-state index in [2.05, 4.69) is 25.9 Å². The minimum absolute atomic E-state index is 0.192. The summed E-state index contributed by atoms with van der Waals surface area (Å²) in [5.74, 6) is -0.110. The summed E-state index contributed by atoms with van der Waals surface area (Å²) in [6, 6.07) is 10.1. The quantitative estimate of drug-likeness (QED) is 0.257. The van der Waals surface area contributed by atoms with E-state index < -0.39 is 11.6 Å². The number of nitrogens with zero attached hydrogens (tertiary/aromatic N) is 3. The molecule has 8 nitrogen and oxygen atoms in total. The summed E-state index contributed by atoms with van der Waals surface area (Å²) in [6.45, 7) is 4.43. The minimum atomic E-state index is -0.657. The first-order chi connectivity index (χ1) is 14.4. The molecule has 0 saturated heterocycles. The first-order valence-corrected chi connectivity index (χ1v) is 9.69. The molecule has 1 amide bonds. The summed E-state index contributed by atoms with van der Waals surface area (Å²) in [5.41, 5.74) is 0.630. The zero-order valence-electron chi connectivity index (χ0n) is 17.1. The minimum Gasteiger partial charge on any atom is -0.385 e. The van der Waals surface area contributed by atoms with Gasteiger partial charge in [0.25, 0.3) is 5.91 Å². The summed E-state index contributed by atoms with van der Waals surface area (Å²) in [4.78, 5) is 21.4. The number of carbonyl (C=O) groups is 1. The van der Waals surface area contributed by atoms with Gasteiger partial charge in [-0.05, 0) is 42.8 Å². The van der Waals surface area contributed by atoms with Crippen molar-refractivity contribution in [2.45, 2.75) is 26.4 Å². The fourth-order valence-electron chi connectivity index (χ4n) is 2.56. The Balaban J connectivity index is 2.32. The van der Waals surface area contributed by atoms with Crippen LogP contribution in [0.3, 0.4) is 0 Å². The molecular formula is C21H25ClN6O2. The predicted octanol–water partition coefficient (Wildman–Crippen LogP) is 3.39. The number of hydrogen-bond acceptors (Lipinski definition) is 5. The van der Waals surface area contributed by atoms with Crippen LogP contribution >= 0.6 is 11.6 Å². The highest BCUT2D eigenvalue weighted by molar-refractivity contribution is 6.30. The zero-order valence-corrected chi connectivity index (χ0v) is 17.9. The molecule has 1 aromatic carbocycles. The summed E-state index contributed by atoms with van der Waals surface area (Å²) < 4.78 is 5.21. The third-order valence-corrected chi connectivity index (χ3v) is 4.67. The molecule has 0 spiro atoms. The summed E-state index contributed by atoms with van der Waals surface area (Å²) in [5, 5.41) is 18.2. The van der Waals surface area contributed by atoms with E-state index in [4.69, 9.17) is 21.6 Å². The highest BCUT2D eigenvalue weighted by Gasteiger charge is 2.31. The van der Waals surface area contributed by atoms with Gasteiger partial charge in [0, 0.05) is 35.9 Å². The molecule has 0 aliphatic heterocycles. The van der Waals surface area contributed by atoms with Crippen molar-refractivity contribution in [2.75, 3.05) is 19.0 Å². The first-order valence-electron chi connectivity index (χ1n) is 9.31. The lowest BCUT2D eigenvalue weighted by Gasteiger charge is -2.32. The molecule has 0 aliphatic rings. The van der Waals surface area contributed by atoms with Gasteiger partial charge in [0.05, 0.1) is 11.9 Å². The van der Waals surface area contributed by atoms with Crippen LogP contribution in [0, 0.1) is 16.9 Å². The molecule has 2 aromatic rings. The Labute approximate surface area is 181 Å². The van der Waals surface area contributed by atoms with Crippen LogP contribution in [0.1, 0.15) is 30.6 Å². The van der Waals surface area contributed by atoms with Gasteiger partial charge in [0.15, 0.2) is 6.19 Å². The Bertz CT molecular complexity index is 894. The lowest BCUT2D eigenvalue weighted by molar-refractivity contribution is 0.0857. The van der Waals surface area contributed by atoms with E-state index in [-0.39, 0.29) is 11.9 Å². The van der Waals surface area contributed by atoms with Crippen molar-refractivity contribution in [1.29, 1.82) is 5.26 Å². The molecule has 1 atom stereocenters. The molecule has 0 bridgehead atoms. The Kier molecular flexibility index (Phi) is 8.59. The highest BCUT2D eigenvalue weighted by Crippen LogP contribution is 2.27. The van der Waals surface area contributed by atoms with Gasteiger partial charge in [0.1, 0.15) is 6.17 Å². The average Bonchev–Trinajstić information content (AvgIpc) is 2.73. The molecule has 0 saturated carbocycles. The number of halogens is 1. The van der Waals surface area contributed by atoms with Crippen molar-refractivity contribution >= 4 is 29.2 Å². The number of hydrogen-bond donors (Lipinski definition) is 3. The summed E-state index contributed by atoms with van der Waals surface area (Å²) in [7, 11) is 1.62. The molecule has 9 heteroatoms. The van der Waals surface area contributed by atoms with Crippen molar-refractivity contribution in [1.82, 2.24) is 15.6 Å². The number of benzene rings is 1. The lowest BCUT2D eigenvalue weighted by atomic mass is 9.86. The maximum absolute atomic E-state index is 12.8. The number of pyridine rings is 1. The van der Waals surface area contributed by atoms with Crippen LogP contribution in [-0.2, 0) is 4.74 Å². The van der Waals surface area contributed by atoms with Crippen LogP contribution in [0.15, 0.2) is 53.8 Å². The van der Waals surface area contributed by atoms with Crippen molar-refractivity contribution in [3.63, 3.8) is 0 Å². The molecule has 3 N–H and O–H groups in total. The van der Waals surface area contributed by atoms with E-state index in [1.54, 1.807) is 55.9 Å². The maximum Gasteiger partial charge on any atom is 0.252 e. The van der Waals surface area contributed by atoms with Gasteiger partial charge < -0.3 is 15.4 Å².